The van der Waals surface area contributed by atoms with Crippen molar-refractivity contribution >= 4 is 45.3 Å². The van der Waals surface area contributed by atoms with Gasteiger partial charge in [-0.15, -0.1) is 0 Å². The van der Waals surface area contributed by atoms with Crippen molar-refractivity contribution in [2.45, 2.75) is 80.2 Å². The fourth-order valence-electron chi connectivity index (χ4n) is 4.28. The maximum Gasteiger partial charge on any atom is 0.234 e. The molecular formula is C26H40N4O2S2. The van der Waals surface area contributed by atoms with E-state index in [1.54, 1.807) is 11.8 Å². The van der Waals surface area contributed by atoms with Crippen LogP contribution in [0.25, 0.3) is 5.57 Å². The van der Waals surface area contributed by atoms with Crippen molar-refractivity contribution in [1.29, 1.82) is 0 Å². The molecule has 0 radical (unpaired) electrons. The Hall–Kier alpha value is -1.64. The van der Waals surface area contributed by atoms with Gasteiger partial charge in [-0.05, 0) is 39.5 Å². The molecule has 0 amide bonds. The first kappa shape index (κ1) is 27.0. The van der Waals surface area contributed by atoms with Crippen LogP contribution in [-0.4, -0.2) is 48.2 Å². The molecule has 3 rings (SSSR count). The number of allylic oxidation sites excluding steroid dienone is 3. The van der Waals surface area contributed by atoms with Gasteiger partial charge in [0.1, 0.15) is 0 Å². The molecule has 1 aromatic rings. The van der Waals surface area contributed by atoms with E-state index in [9.17, 15) is 9.90 Å². The van der Waals surface area contributed by atoms with Gasteiger partial charge in [-0.2, -0.15) is 0 Å². The summed E-state index contributed by atoms with van der Waals surface area (Å²) in [6, 6.07) is 0. The first-order valence-electron chi connectivity index (χ1n) is 12.4. The Morgan fingerprint density at radius 2 is 1.56 bits per heavy atom. The molecule has 6 nitrogen and oxygen atoms in total. The van der Waals surface area contributed by atoms with Crippen LogP contribution in [-0.2, 0) is 10.2 Å². The Balaban J connectivity index is 2.15. The number of aliphatic imine (C=N–C) groups is 1. The van der Waals surface area contributed by atoms with Crippen LogP contribution in [0.5, 0.6) is 0 Å². The van der Waals surface area contributed by atoms with Crippen molar-refractivity contribution in [2.75, 3.05) is 31.1 Å². The number of quaternary nitrogens is 1. The summed E-state index contributed by atoms with van der Waals surface area (Å²) < 4.78 is 0. The first-order valence-corrected chi connectivity index (χ1v) is 14.1. The molecule has 2 heterocycles. The number of anilines is 1. The lowest BCUT2D eigenvalue weighted by Gasteiger charge is -2.34. The summed E-state index contributed by atoms with van der Waals surface area (Å²) >= 11 is 3.05. The highest BCUT2D eigenvalue weighted by atomic mass is 32.2. The van der Waals surface area contributed by atoms with Crippen molar-refractivity contribution in [3.63, 3.8) is 0 Å². The Bertz CT molecular complexity index is 1050. The third-order valence-electron chi connectivity index (χ3n) is 6.38. The number of ketones is 1. The Kier molecular flexibility index (Phi) is 7.76. The summed E-state index contributed by atoms with van der Waals surface area (Å²) in [5, 5.41) is 14.5. The van der Waals surface area contributed by atoms with Gasteiger partial charge in [-0.25, -0.2) is 9.98 Å². The zero-order valence-corrected chi connectivity index (χ0v) is 24.0. The summed E-state index contributed by atoms with van der Waals surface area (Å²) in [5.41, 5.74) is 1.79. The number of nitrogens with zero attached hydrogens (tertiary/aromatic N) is 3. The molecule has 8 heteroatoms. The Morgan fingerprint density at radius 3 is 2.00 bits per heavy atom. The highest BCUT2D eigenvalue weighted by Crippen LogP contribution is 2.49. The molecule has 0 saturated carbocycles. The molecule has 1 aliphatic carbocycles. The molecule has 0 fully saturated rings. The van der Waals surface area contributed by atoms with E-state index in [1.165, 1.54) is 16.2 Å². The van der Waals surface area contributed by atoms with Gasteiger partial charge < -0.3 is 14.9 Å². The van der Waals surface area contributed by atoms with Gasteiger partial charge in [0.15, 0.2) is 10.9 Å². The zero-order valence-electron chi connectivity index (χ0n) is 22.4. The van der Waals surface area contributed by atoms with E-state index >= 15 is 0 Å². The fourth-order valence-corrected chi connectivity index (χ4v) is 7.38. The van der Waals surface area contributed by atoms with E-state index in [1.807, 2.05) is 0 Å². The fraction of sp³-hybridized carbons (Fsp3) is 0.654. The molecule has 188 valence electrons. The number of carbonyl (C=O) groups is 1. The molecule has 1 atom stereocenters. The van der Waals surface area contributed by atoms with Gasteiger partial charge in [0.05, 0.1) is 29.4 Å². The minimum Gasteiger partial charge on any atom is -0.871 e. The molecule has 1 aliphatic heterocycles. The summed E-state index contributed by atoms with van der Waals surface area (Å²) in [7, 11) is 0. The van der Waals surface area contributed by atoms with Crippen LogP contribution in [0.15, 0.2) is 21.2 Å². The van der Waals surface area contributed by atoms with E-state index in [0.29, 0.717) is 11.1 Å². The number of nitrogens with one attached hydrogen (secondary N) is 1. The lowest BCUT2D eigenvalue weighted by Crippen LogP contribution is -3.14. The topological polar surface area (TPSA) is 73.1 Å². The van der Waals surface area contributed by atoms with Crippen LogP contribution >= 0.6 is 23.1 Å². The molecule has 0 aromatic carbocycles. The van der Waals surface area contributed by atoms with Gasteiger partial charge in [0, 0.05) is 40.0 Å². The molecule has 34 heavy (non-hydrogen) atoms. The second-order valence-electron chi connectivity index (χ2n) is 10.9. The molecule has 0 bridgehead atoms. The Labute approximate surface area is 213 Å². The van der Waals surface area contributed by atoms with E-state index in [2.05, 4.69) is 74.1 Å². The third-order valence-corrected chi connectivity index (χ3v) is 8.81. The first-order chi connectivity index (χ1) is 15.8. The Morgan fingerprint density at radius 1 is 0.971 bits per heavy atom. The number of thioether (sulfide) groups is 1. The van der Waals surface area contributed by atoms with Crippen molar-refractivity contribution in [3.05, 3.63) is 26.8 Å². The maximum atomic E-state index is 13.6. The standard InChI is InChI=1S/C26H40N4O2S2/c1-11-29(12-2)23-27-21(25(5,6)7)19(33-23)15-17(31)16(18(15)32)20-22(26(8,9)10)28-24(34-20)30(13-3)14-4/h23,31H,11-14H2,1-10H3/b19-15-. The minimum absolute atomic E-state index is 0.0146. The van der Waals surface area contributed by atoms with Crippen LogP contribution in [0.1, 0.15) is 79.8 Å². The lowest BCUT2D eigenvalue weighted by molar-refractivity contribution is -0.905. The molecule has 2 aliphatic rings. The van der Waals surface area contributed by atoms with E-state index < -0.39 is 0 Å². The summed E-state index contributed by atoms with van der Waals surface area (Å²) in [4.78, 5) is 28.6. The number of rotatable bonds is 7. The smallest absolute Gasteiger partial charge is 0.234 e. The van der Waals surface area contributed by atoms with Crippen LogP contribution in [0.2, 0.25) is 0 Å². The predicted molar refractivity (Wildman–Crippen MR) is 144 cm³/mol. The lowest BCUT2D eigenvalue weighted by atomic mass is 9.79. The number of Topliss-reactive ketones (excluding diaryl/α,β-unsaturated/α-hetero) is 1. The maximum absolute atomic E-state index is 13.6. The quantitative estimate of drug-likeness (QED) is 0.574. The monoisotopic (exact) mass is 504 g/mol. The van der Waals surface area contributed by atoms with E-state index in [-0.39, 0.29) is 27.9 Å². The van der Waals surface area contributed by atoms with Crippen LogP contribution in [0.4, 0.5) is 5.13 Å². The normalized spacial score (nSPS) is 21.4. The van der Waals surface area contributed by atoms with Crippen molar-refractivity contribution in [2.24, 2.45) is 10.4 Å². The molecule has 1 unspecified atom stereocenters. The predicted octanol–water partition coefficient (Wildman–Crippen LogP) is 3.64. The summed E-state index contributed by atoms with van der Waals surface area (Å²) in [5.74, 6) is -0.306. The van der Waals surface area contributed by atoms with Crippen molar-refractivity contribution in [1.82, 2.24) is 4.98 Å². The zero-order chi connectivity index (χ0) is 25.6. The van der Waals surface area contributed by atoms with Crippen LogP contribution in [0.3, 0.4) is 0 Å². The third kappa shape index (κ3) is 4.73. The van der Waals surface area contributed by atoms with Crippen LogP contribution < -0.4 is 14.9 Å². The highest BCUT2D eigenvalue weighted by molar-refractivity contribution is 8.04. The molecule has 1 N–H and O–H groups in total. The SMILES string of the molecule is CCN(CC)c1nc(C(C)(C)C)c(C2=C([O-])/C(=C3/SC([NH+](CC)CC)N=C3C(C)(C)C)C2=O)s1. The van der Waals surface area contributed by atoms with Gasteiger partial charge in [0.2, 0.25) is 5.50 Å². The second-order valence-corrected chi connectivity index (χ2v) is 13.0. The average Bonchev–Trinajstić information content (AvgIpc) is 3.35. The molecule has 1 aromatic heterocycles. The summed E-state index contributed by atoms with van der Waals surface area (Å²) in [6.07, 6.45) is 0. The van der Waals surface area contributed by atoms with Gasteiger partial charge in [-0.1, -0.05) is 58.6 Å². The second kappa shape index (κ2) is 9.78. The highest BCUT2D eigenvalue weighted by Gasteiger charge is 2.43. The van der Waals surface area contributed by atoms with E-state index in [0.717, 1.165) is 52.5 Å². The largest absolute Gasteiger partial charge is 0.871 e. The van der Waals surface area contributed by atoms with Crippen molar-refractivity contribution in [3.8, 4) is 0 Å². The number of thiazole rings is 1. The summed E-state index contributed by atoms with van der Waals surface area (Å²) in [6.45, 7) is 24.6. The number of aromatic nitrogens is 1. The molecular weight excluding hydrogens is 464 g/mol. The molecule has 0 spiro atoms. The number of carbonyl (C=O) groups excluding carboxylic acids is 1. The van der Waals surface area contributed by atoms with Gasteiger partial charge >= 0.3 is 0 Å². The van der Waals surface area contributed by atoms with Gasteiger partial charge in [-0.3, -0.25) is 4.79 Å². The number of hydrogen-bond acceptors (Lipinski definition) is 7. The van der Waals surface area contributed by atoms with Gasteiger partial charge in [0.25, 0.3) is 0 Å². The molecule has 0 saturated heterocycles. The van der Waals surface area contributed by atoms with Crippen LogP contribution in [0, 0.1) is 5.41 Å². The van der Waals surface area contributed by atoms with E-state index in [4.69, 9.17) is 9.98 Å². The average molecular weight is 505 g/mol. The minimum atomic E-state index is -0.273. The van der Waals surface area contributed by atoms with Crippen molar-refractivity contribution < 1.29 is 14.8 Å². The number of hydrogen-bond donors (Lipinski definition) is 1.